The fraction of sp³-hybridized carbons (Fsp3) is 0.500. The van der Waals surface area contributed by atoms with Gasteiger partial charge in [0, 0.05) is 6.04 Å². The maximum absolute atomic E-state index is 5.16. The normalized spacial score (nSPS) is 22.0. The van der Waals surface area contributed by atoms with Gasteiger partial charge in [-0.15, -0.1) is 0 Å². The Bertz CT molecular complexity index is 308. The number of hydrogen-bond acceptors (Lipinski definition) is 2. The Balaban J connectivity index is 1.66. The molecule has 1 N–H and O–H groups in total. The van der Waals surface area contributed by atoms with Gasteiger partial charge in [-0.3, -0.25) is 0 Å². The molecule has 1 fully saturated rings. The summed E-state index contributed by atoms with van der Waals surface area (Å²) >= 11 is 0. The molecule has 0 saturated carbocycles. The van der Waals surface area contributed by atoms with Crippen LogP contribution in [0, 0.1) is 0 Å². The first-order valence-corrected chi connectivity index (χ1v) is 5.32. The molecular weight excluding hydrogens is 174 g/mol. The van der Waals surface area contributed by atoms with Gasteiger partial charge in [0.15, 0.2) is 0 Å². The van der Waals surface area contributed by atoms with Gasteiger partial charge in [-0.1, -0.05) is 24.3 Å². The second-order valence-corrected chi connectivity index (χ2v) is 4.27. The first-order chi connectivity index (χ1) is 6.92. The third kappa shape index (κ3) is 1.45. The average molecular weight is 189 g/mol. The van der Waals surface area contributed by atoms with Crippen LogP contribution in [-0.2, 0) is 17.6 Å². The minimum Gasteiger partial charge on any atom is -0.378 e. The standard InChI is InChI=1S/C12H15NO/c1-2-4-10-6-11(5-9(10)3-1)13-12-7-14-8-12/h1-4,11-13H,5-8H2. The van der Waals surface area contributed by atoms with E-state index in [9.17, 15) is 0 Å². The minimum absolute atomic E-state index is 0.606. The predicted molar refractivity (Wildman–Crippen MR) is 55.4 cm³/mol. The molecule has 0 unspecified atom stereocenters. The maximum atomic E-state index is 5.16. The highest BCUT2D eigenvalue weighted by Crippen LogP contribution is 2.22. The Morgan fingerprint density at radius 3 is 2.14 bits per heavy atom. The molecule has 1 heterocycles. The van der Waals surface area contributed by atoms with Crippen LogP contribution in [0.1, 0.15) is 11.1 Å². The molecule has 1 aromatic rings. The number of hydrogen-bond donors (Lipinski definition) is 1. The number of benzene rings is 1. The molecule has 1 saturated heterocycles. The molecule has 0 radical (unpaired) electrons. The van der Waals surface area contributed by atoms with Crippen molar-refractivity contribution < 1.29 is 4.74 Å². The van der Waals surface area contributed by atoms with Crippen molar-refractivity contribution >= 4 is 0 Å². The fourth-order valence-corrected chi connectivity index (χ4v) is 2.34. The Hall–Kier alpha value is -0.860. The molecule has 0 amide bonds. The molecule has 0 aromatic heterocycles. The number of rotatable bonds is 2. The molecular formula is C12H15NO. The van der Waals surface area contributed by atoms with Crippen molar-refractivity contribution in [3.63, 3.8) is 0 Å². The van der Waals surface area contributed by atoms with Gasteiger partial charge in [0.25, 0.3) is 0 Å². The molecule has 2 aliphatic rings. The van der Waals surface area contributed by atoms with Crippen LogP contribution in [0.15, 0.2) is 24.3 Å². The zero-order chi connectivity index (χ0) is 9.38. The highest BCUT2D eigenvalue weighted by Gasteiger charge is 2.26. The molecule has 0 spiro atoms. The van der Waals surface area contributed by atoms with Crippen molar-refractivity contribution in [3.8, 4) is 0 Å². The van der Waals surface area contributed by atoms with Crippen molar-refractivity contribution in [1.82, 2.24) is 5.32 Å². The van der Waals surface area contributed by atoms with E-state index in [1.54, 1.807) is 0 Å². The highest BCUT2D eigenvalue weighted by molar-refractivity contribution is 5.33. The molecule has 1 aliphatic heterocycles. The first kappa shape index (κ1) is 8.45. The summed E-state index contributed by atoms with van der Waals surface area (Å²) in [6.07, 6.45) is 2.37. The van der Waals surface area contributed by atoms with Crippen LogP contribution in [0.4, 0.5) is 0 Å². The molecule has 14 heavy (non-hydrogen) atoms. The second kappa shape index (κ2) is 3.37. The van der Waals surface area contributed by atoms with Crippen molar-refractivity contribution in [2.45, 2.75) is 24.9 Å². The lowest BCUT2D eigenvalue weighted by Gasteiger charge is -2.29. The number of ether oxygens (including phenoxy) is 1. The highest BCUT2D eigenvalue weighted by atomic mass is 16.5. The summed E-state index contributed by atoms with van der Waals surface area (Å²) in [6, 6.07) is 10.00. The van der Waals surface area contributed by atoms with E-state index in [4.69, 9.17) is 4.74 Å². The van der Waals surface area contributed by atoms with E-state index in [1.165, 1.54) is 24.0 Å². The third-order valence-corrected chi connectivity index (χ3v) is 3.16. The Kier molecular flexibility index (Phi) is 2.03. The number of nitrogens with one attached hydrogen (secondary N) is 1. The summed E-state index contributed by atoms with van der Waals surface area (Å²) in [4.78, 5) is 0. The van der Waals surface area contributed by atoms with Crippen molar-refractivity contribution in [2.75, 3.05) is 13.2 Å². The van der Waals surface area contributed by atoms with E-state index in [-0.39, 0.29) is 0 Å². The van der Waals surface area contributed by atoms with Gasteiger partial charge in [0.05, 0.1) is 19.3 Å². The topological polar surface area (TPSA) is 21.3 Å². The monoisotopic (exact) mass is 189 g/mol. The Morgan fingerprint density at radius 1 is 1.00 bits per heavy atom. The van der Waals surface area contributed by atoms with Crippen LogP contribution in [0.2, 0.25) is 0 Å². The average Bonchev–Trinajstić information content (AvgIpc) is 2.53. The predicted octanol–water partition coefficient (Wildman–Crippen LogP) is 1.14. The lowest BCUT2D eigenvalue weighted by atomic mass is 10.1. The zero-order valence-electron chi connectivity index (χ0n) is 8.20. The van der Waals surface area contributed by atoms with E-state index in [0.717, 1.165) is 13.2 Å². The van der Waals surface area contributed by atoms with E-state index < -0.39 is 0 Å². The summed E-state index contributed by atoms with van der Waals surface area (Å²) in [5.74, 6) is 0. The molecule has 3 rings (SSSR count). The molecule has 2 nitrogen and oxygen atoms in total. The molecule has 0 bridgehead atoms. The summed E-state index contributed by atoms with van der Waals surface area (Å²) in [5.41, 5.74) is 3.04. The van der Waals surface area contributed by atoms with E-state index >= 15 is 0 Å². The van der Waals surface area contributed by atoms with Gasteiger partial charge in [-0.25, -0.2) is 0 Å². The lowest BCUT2D eigenvalue weighted by molar-refractivity contribution is -0.00948. The molecule has 1 aromatic carbocycles. The van der Waals surface area contributed by atoms with E-state index in [2.05, 4.69) is 29.6 Å². The van der Waals surface area contributed by atoms with E-state index in [0.29, 0.717) is 12.1 Å². The van der Waals surface area contributed by atoms with Gasteiger partial charge in [0.1, 0.15) is 0 Å². The fourth-order valence-electron chi connectivity index (χ4n) is 2.34. The van der Waals surface area contributed by atoms with Gasteiger partial charge in [-0.2, -0.15) is 0 Å². The van der Waals surface area contributed by atoms with Gasteiger partial charge in [0.2, 0.25) is 0 Å². The molecule has 2 heteroatoms. The lowest BCUT2D eigenvalue weighted by Crippen LogP contribution is -2.50. The van der Waals surface area contributed by atoms with Crippen LogP contribution < -0.4 is 5.32 Å². The number of fused-ring (bicyclic) bond motifs is 1. The van der Waals surface area contributed by atoms with Crippen molar-refractivity contribution in [2.24, 2.45) is 0 Å². The quantitative estimate of drug-likeness (QED) is 0.753. The zero-order valence-corrected chi connectivity index (χ0v) is 8.20. The second-order valence-electron chi connectivity index (χ2n) is 4.27. The largest absolute Gasteiger partial charge is 0.378 e. The van der Waals surface area contributed by atoms with Crippen LogP contribution >= 0.6 is 0 Å². The summed E-state index contributed by atoms with van der Waals surface area (Å²) < 4.78 is 5.16. The van der Waals surface area contributed by atoms with Crippen LogP contribution in [0.25, 0.3) is 0 Å². The first-order valence-electron chi connectivity index (χ1n) is 5.32. The minimum atomic E-state index is 0.606. The third-order valence-electron chi connectivity index (χ3n) is 3.16. The summed E-state index contributed by atoms with van der Waals surface area (Å²) in [6.45, 7) is 1.79. The van der Waals surface area contributed by atoms with Crippen LogP contribution in [0.5, 0.6) is 0 Å². The Morgan fingerprint density at radius 2 is 1.64 bits per heavy atom. The van der Waals surface area contributed by atoms with E-state index in [1.807, 2.05) is 0 Å². The Labute approximate surface area is 84.3 Å². The SMILES string of the molecule is c1ccc2c(c1)CC(NC1COC1)C2. The van der Waals surface area contributed by atoms with Crippen LogP contribution in [-0.4, -0.2) is 25.3 Å². The smallest absolute Gasteiger partial charge is 0.0643 e. The molecule has 1 aliphatic carbocycles. The van der Waals surface area contributed by atoms with Crippen LogP contribution in [0.3, 0.4) is 0 Å². The molecule has 74 valence electrons. The van der Waals surface area contributed by atoms with Gasteiger partial charge >= 0.3 is 0 Å². The summed E-state index contributed by atoms with van der Waals surface area (Å²) in [5, 5.41) is 3.64. The summed E-state index contributed by atoms with van der Waals surface area (Å²) in [7, 11) is 0. The van der Waals surface area contributed by atoms with Crippen molar-refractivity contribution in [3.05, 3.63) is 35.4 Å². The van der Waals surface area contributed by atoms with Gasteiger partial charge < -0.3 is 10.1 Å². The molecule has 0 atom stereocenters. The van der Waals surface area contributed by atoms with Crippen molar-refractivity contribution in [1.29, 1.82) is 0 Å². The van der Waals surface area contributed by atoms with Gasteiger partial charge in [-0.05, 0) is 24.0 Å². The maximum Gasteiger partial charge on any atom is 0.0643 e.